The van der Waals surface area contributed by atoms with Crippen molar-refractivity contribution >= 4 is 31.6 Å². The fourth-order valence-corrected chi connectivity index (χ4v) is 5.25. The number of hydrogen-bond acceptors (Lipinski definition) is 9. The molecule has 2 aliphatic heterocycles. The van der Waals surface area contributed by atoms with Gasteiger partial charge in [-0.1, -0.05) is 19.4 Å². The van der Waals surface area contributed by atoms with Crippen molar-refractivity contribution < 1.29 is 28.4 Å². The Morgan fingerprint density at radius 1 is 1.09 bits per heavy atom. The first-order valence-electron chi connectivity index (χ1n) is 14.7. The predicted octanol–water partition coefficient (Wildman–Crippen LogP) is 3.58. The van der Waals surface area contributed by atoms with Gasteiger partial charge >= 0.3 is 216 Å². The predicted molar refractivity (Wildman–Crippen MR) is 161 cm³/mol. The Labute approximate surface area is 253 Å². The molecule has 0 spiro atoms. The van der Waals surface area contributed by atoms with E-state index >= 15 is 0 Å². The van der Waals surface area contributed by atoms with Gasteiger partial charge in [0.2, 0.25) is 0 Å². The van der Waals surface area contributed by atoms with Gasteiger partial charge in [-0.3, -0.25) is 0 Å². The summed E-state index contributed by atoms with van der Waals surface area (Å²) in [6.45, 7) is 5.06. The summed E-state index contributed by atoms with van der Waals surface area (Å²) < 4.78 is 21.8. The third kappa shape index (κ3) is 8.89. The fraction of sp³-hybridized carbons (Fsp3) is 0.533. The molecule has 0 unspecified atom stereocenters. The van der Waals surface area contributed by atoms with Crippen molar-refractivity contribution in [2.24, 2.45) is 0 Å². The van der Waals surface area contributed by atoms with E-state index < -0.39 is 11.9 Å². The number of carbonyl (C=O) groups is 3. The molecule has 2 aliphatic rings. The van der Waals surface area contributed by atoms with Crippen LogP contribution in [-0.2, 0) is 18.8 Å². The second-order valence-electron chi connectivity index (χ2n) is 10.5. The summed E-state index contributed by atoms with van der Waals surface area (Å²) in [7, 11) is 1.42. The van der Waals surface area contributed by atoms with Gasteiger partial charge in [-0.2, -0.15) is 0 Å². The van der Waals surface area contributed by atoms with E-state index in [1.165, 1.54) is 0 Å². The molecule has 12 nitrogen and oxygen atoms in total. The minimum absolute atomic E-state index is 0.0703. The van der Waals surface area contributed by atoms with E-state index in [0.717, 1.165) is 31.4 Å². The van der Waals surface area contributed by atoms with Gasteiger partial charge in [0.25, 0.3) is 0 Å². The van der Waals surface area contributed by atoms with Crippen LogP contribution >= 0.6 is 7.92 Å². The summed E-state index contributed by atoms with van der Waals surface area (Å²) in [6, 6.07) is 10.1. The third-order valence-corrected chi connectivity index (χ3v) is 7.92. The molecule has 1 N–H and O–H groups in total. The Balaban J connectivity index is 1.50. The van der Waals surface area contributed by atoms with Crippen molar-refractivity contribution in [2.45, 2.75) is 51.2 Å². The number of rotatable bonds is 11. The molecule has 4 rings (SSSR count). The molecule has 1 aromatic heterocycles. The van der Waals surface area contributed by atoms with Gasteiger partial charge < -0.3 is 4.74 Å². The molecule has 2 fully saturated rings. The molecule has 2 aromatic rings. The quantitative estimate of drug-likeness (QED) is 0.299. The number of hydrogen-bond donors (Lipinski definition) is 1. The number of ether oxygens (including phenoxy) is 2. The van der Waals surface area contributed by atoms with Gasteiger partial charge in [-0.25, -0.2) is 0 Å². The molecule has 2 atom stereocenters. The molecular weight excluding hydrogens is 571 g/mol. The monoisotopic (exact) mass is 610 g/mol. The van der Waals surface area contributed by atoms with Crippen LogP contribution in [0.1, 0.15) is 49.5 Å². The molecule has 230 valence electrons. The van der Waals surface area contributed by atoms with Crippen molar-refractivity contribution in [1.29, 1.82) is 0 Å². The van der Waals surface area contributed by atoms with Crippen LogP contribution in [0.4, 0.5) is 10.6 Å². The first-order valence-corrected chi connectivity index (χ1v) is 15.5. The number of nitrogens with one attached hydrogen (secondary N) is 1. The maximum atomic E-state index is 13.6. The number of carbonyl (C=O) groups excluding carboxylic acids is 3. The molecule has 0 aliphatic carbocycles. The molecule has 0 bridgehead atoms. The van der Waals surface area contributed by atoms with Crippen molar-refractivity contribution in [3.05, 3.63) is 42.1 Å². The van der Waals surface area contributed by atoms with E-state index in [-0.39, 0.29) is 44.6 Å². The number of benzene rings is 1. The van der Waals surface area contributed by atoms with Gasteiger partial charge in [-0.05, 0) is 6.42 Å². The SMILES string of the molecule is CCCCOC(=O)N1CCN(C(=O)[C@H](CCC#P=O)NC(=O)c2cc(N3CC[C@H](OC)C3)nc(-c3ccccc3)n2)CC1. The average Bonchev–Trinajstić information content (AvgIpc) is 3.54. The number of methoxy groups -OCH3 is 1. The Bertz CT molecular complexity index is 1370. The van der Waals surface area contributed by atoms with Crippen LogP contribution < -0.4 is 10.2 Å². The van der Waals surface area contributed by atoms with Gasteiger partial charge in [0.15, 0.2) is 0 Å². The van der Waals surface area contributed by atoms with E-state index in [2.05, 4.69) is 20.8 Å². The molecule has 3 amide bonds. The van der Waals surface area contributed by atoms with Crippen molar-refractivity contribution in [3.8, 4) is 17.0 Å². The summed E-state index contributed by atoms with van der Waals surface area (Å²) in [5, 5.41) is 2.86. The Morgan fingerprint density at radius 3 is 2.51 bits per heavy atom. The van der Waals surface area contributed by atoms with Crippen molar-refractivity contribution in [2.75, 3.05) is 57.9 Å². The normalized spacial score (nSPS) is 17.3. The van der Waals surface area contributed by atoms with Crippen molar-refractivity contribution in [1.82, 2.24) is 25.1 Å². The van der Waals surface area contributed by atoms with E-state index in [9.17, 15) is 18.9 Å². The van der Waals surface area contributed by atoms with Crippen LogP contribution in [-0.4, -0.2) is 103 Å². The molecule has 13 heteroatoms. The average molecular weight is 611 g/mol. The Hall–Kier alpha value is -3.72. The van der Waals surface area contributed by atoms with Crippen LogP contribution in [0, 0.1) is 5.63 Å². The van der Waals surface area contributed by atoms with Crippen LogP contribution in [0.25, 0.3) is 11.4 Å². The number of aromatic nitrogens is 2. The standard InChI is InChI=1S/C30H39N6O6P/c1-3-4-18-42-30(39)35-16-14-34(15-17-35)29(38)24(11-8-19-43-40)32-28(37)25-20-26(36-13-12-23(21-36)41-2)33-27(31-25)22-9-6-5-7-10-22/h5-7,9-10,20,23-24H,3-4,8,11-18,21H2,1-2H3,(H,32,37)/t23-,24-/m0/s1. The fourth-order valence-electron chi connectivity index (χ4n) is 5.03. The summed E-state index contributed by atoms with van der Waals surface area (Å²) in [6.07, 6.45) is 2.71. The zero-order chi connectivity index (χ0) is 30.6. The molecule has 3 heterocycles. The van der Waals surface area contributed by atoms with Gasteiger partial charge in [0.05, 0.1) is 0 Å². The second-order valence-corrected chi connectivity index (χ2v) is 11.0. The molecule has 2 saturated heterocycles. The van der Waals surface area contributed by atoms with Crippen molar-refractivity contribution in [3.63, 3.8) is 0 Å². The number of anilines is 1. The van der Waals surface area contributed by atoms with E-state index in [1.807, 2.05) is 37.3 Å². The maximum absolute atomic E-state index is 13.6. The second kappa shape index (κ2) is 16.2. The zero-order valence-electron chi connectivity index (χ0n) is 24.7. The van der Waals surface area contributed by atoms with Crippen LogP contribution in [0.5, 0.6) is 0 Å². The van der Waals surface area contributed by atoms with E-state index in [1.54, 1.807) is 23.0 Å². The molecular formula is C30H39N6O6P. The number of amides is 3. The Kier molecular flexibility index (Phi) is 12.1. The molecule has 0 saturated carbocycles. The van der Waals surface area contributed by atoms with Gasteiger partial charge in [-0.15, -0.1) is 0 Å². The van der Waals surface area contributed by atoms with E-state index in [4.69, 9.17) is 14.5 Å². The van der Waals surface area contributed by atoms with Crippen LogP contribution in [0.2, 0.25) is 0 Å². The summed E-state index contributed by atoms with van der Waals surface area (Å²) in [4.78, 5) is 54.2. The molecule has 1 aromatic carbocycles. The third-order valence-electron chi connectivity index (χ3n) is 7.57. The van der Waals surface area contributed by atoms with Gasteiger partial charge in [0, 0.05) is 7.11 Å². The zero-order valence-corrected chi connectivity index (χ0v) is 25.6. The molecule has 0 radical (unpaired) electrons. The minimum atomic E-state index is -0.895. The summed E-state index contributed by atoms with van der Waals surface area (Å²) in [5.74, 6) is 0.215. The number of nitrogens with zero attached hydrogens (tertiary/aromatic N) is 5. The van der Waals surface area contributed by atoms with Gasteiger partial charge in [0.1, 0.15) is 0 Å². The van der Waals surface area contributed by atoms with E-state index in [0.29, 0.717) is 51.0 Å². The first kappa shape index (κ1) is 32.2. The van der Waals surface area contributed by atoms with Crippen LogP contribution in [0.3, 0.4) is 0 Å². The topological polar surface area (TPSA) is 134 Å². The Morgan fingerprint density at radius 2 is 1.84 bits per heavy atom. The first-order chi connectivity index (χ1) is 20.9. The van der Waals surface area contributed by atoms with Crippen LogP contribution in [0.15, 0.2) is 36.4 Å². The summed E-state index contributed by atoms with van der Waals surface area (Å²) in [5.41, 5.74) is 3.56. The number of unbranched alkanes of at least 4 members (excludes halogenated alkanes) is 1. The molecule has 43 heavy (non-hydrogen) atoms. The number of piperazine rings is 1. The summed E-state index contributed by atoms with van der Waals surface area (Å²) >= 11 is 0.